The Kier molecular flexibility index (Phi) is 4.37. The van der Waals surface area contributed by atoms with Crippen LogP contribution in [0.1, 0.15) is 40.0 Å². The summed E-state index contributed by atoms with van der Waals surface area (Å²) in [4.78, 5) is 24.1. The van der Waals surface area contributed by atoms with Crippen molar-refractivity contribution >= 4 is 12.0 Å². The topological polar surface area (TPSA) is 69.6 Å². The fourth-order valence-corrected chi connectivity index (χ4v) is 2.00. The largest absolute Gasteiger partial charge is 0.481 e. The number of carbonyl (C=O) groups excluding carboxylic acids is 1. The zero-order valence-electron chi connectivity index (χ0n) is 10.8. The van der Waals surface area contributed by atoms with Gasteiger partial charge in [-0.1, -0.05) is 13.8 Å². The number of carboxylic acids is 1. The molecule has 1 saturated heterocycles. The molecule has 17 heavy (non-hydrogen) atoms. The Morgan fingerprint density at radius 1 is 1.47 bits per heavy atom. The van der Waals surface area contributed by atoms with Gasteiger partial charge in [-0.05, 0) is 25.2 Å². The molecule has 0 saturated carbocycles. The zero-order valence-corrected chi connectivity index (χ0v) is 10.8. The van der Waals surface area contributed by atoms with E-state index in [1.54, 1.807) is 4.90 Å². The molecule has 0 radical (unpaired) electrons. The fraction of sp³-hybridized carbons (Fsp3) is 0.833. The first-order chi connectivity index (χ1) is 7.80. The number of amides is 2. The number of carboxylic acid groups (broad SMARTS) is 1. The van der Waals surface area contributed by atoms with Crippen LogP contribution in [0.3, 0.4) is 0 Å². The summed E-state index contributed by atoms with van der Waals surface area (Å²) in [7, 11) is 0. The van der Waals surface area contributed by atoms with Crippen molar-refractivity contribution in [2.75, 3.05) is 13.1 Å². The van der Waals surface area contributed by atoms with E-state index in [4.69, 9.17) is 5.11 Å². The average molecular weight is 242 g/mol. The van der Waals surface area contributed by atoms with Gasteiger partial charge in [-0.25, -0.2) is 4.79 Å². The molecule has 2 amide bonds. The molecule has 1 rings (SSSR count). The molecule has 5 heteroatoms. The first kappa shape index (κ1) is 13.8. The average Bonchev–Trinajstić information content (AvgIpc) is 2.56. The summed E-state index contributed by atoms with van der Waals surface area (Å²) < 4.78 is 0. The highest BCUT2D eigenvalue weighted by Crippen LogP contribution is 2.28. The van der Waals surface area contributed by atoms with Crippen LogP contribution in [0.2, 0.25) is 0 Å². The van der Waals surface area contributed by atoms with Crippen molar-refractivity contribution in [2.24, 2.45) is 5.41 Å². The number of hydrogen-bond donors (Lipinski definition) is 2. The lowest BCUT2D eigenvalue weighted by Crippen LogP contribution is -2.43. The molecule has 2 N–H and O–H groups in total. The maximum Gasteiger partial charge on any atom is 0.317 e. The number of carbonyl (C=O) groups is 2. The van der Waals surface area contributed by atoms with Crippen LogP contribution in [-0.2, 0) is 4.79 Å². The molecule has 1 aliphatic heterocycles. The summed E-state index contributed by atoms with van der Waals surface area (Å²) in [5.74, 6) is -0.826. The molecule has 0 aromatic rings. The zero-order chi connectivity index (χ0) is 13.1. The summed E-state index contributed by atoms with van der Waals surface area (Å²) >= 11 is 0. The molecule has 0 aliphatic carbocycles. The highest BCUT2D eigenvalue weighted by molar-refractivity contribution is 5.75. The van der Waals surface area contributed by atoms with Gasteiger partial charge in [0.2, 0.25) is 0 Å². The highest BCUT2D eigenvalue weighted by atomic mass is 16.4. The summed E-state index contributed by atoms with van der Waals surface area (Å²) in [6, 6.07) is -0.171. The van der Waals surface area contributed by atoms with Gasteiger partial charge >= 0.3 is 12.0 Å². The summed E-state index contributed by atoms with van der Waals surface area (Å²) in [5.41, 5.74) is 0.196. The van der Waals surface area contributed by atoms with E-state index in [9.17, 15) is 9.59 Å². The Bertz CT molecular complexity index is 302. The van der Waals surface area contributed by atoms with Crippen molar-refractivity contribution in [3.8, 4) is 0 Å². The Morgan fingerprint density at radius 3 is 2.59 bits per heavy atom. The van der Waals surface area contributed by atoms with E-state index in [0.29, 0.717) is 6.42 Å². The molecule has 1 atom stereocenters. The third kappa shape index (κ3) is 4.63. The molecule has 0 bridgehead atoms. The van der Waals surface area contributed by atoms with Crippen molar-refractivity contribution in [3.63, 3.8) is 0 Å². The molecule has 1 fully saturated rings. The van der Waals surface area contributed by atoms with E-state index < -0.39 is 5.97 Å². The van der Waals surface area contributed by atoms with Crippen LogP contribution < -0.4 is 5.32 Å². The van der Waals surface area contributed by atoms with Gasteiger partial charge in [0.1, 0.15) is 0 Å². The Hall–Kier alpha value is -1.26. The maximum absolute atomic E-state index is 11.9. The predicted molar refractivity (Wildman–Crippen MR) is 64.8 cm³/mol. The van der Waals surface area contributed by atoms with Gasteiger partial charge in [-0.2, -0.15) is 0 Å². The Morgan fingerprint density at radius 2 is 2.12 bits per heavy atom. The van der Waals surface area contributed by atoms with Crippen molar-refractivity contribution in [2.45, 2.75) is 46.1 Å². The van der Waals surface area contributed by atoms with E-state index in [-0.39, 0.29) is 23.9 Å². The van der Waals surface area contributed by atoms with Gasteiger partial charge in [0.05, 0.1) is 0 Å². The van der Waals surface area contributed by atoms with Gasteiger partial charge in [-0.15, -0.1) is 0 Å². The van der Waals surface area contributed by atoms with E-state index in [0.717, 1.165) is 19.5 Å². The van der Waals surface area contributed by atoms with Crippen molar-refractivity contribution in [3.05, 3.63) is 0 Å². The Labute approximate surface area is 102 Å². The monoisotopic (exact) mass is 242 g/mol. The molecular weight excluding hydrogens is 220 g/mol. The van der Waals surface area contributed by atoms with Crippen LogP contribution >= 0.6 is 0 Å². The minimum Gasteiger partial charge on any atom is -0.481 e. The standard InChI is InChI=1S/C12H22N2O3/c1-9(4-5-10(15)16)13-11(17)14-7-6-12(2,3)8-14/h9H,4-8H2,1-3H3,(H,13,17)(H,15,16). The summed E-state index contributed by atoms with van der Waals surface area (Å²) in [6.45, 7) is 7.68. The smallest absolute Gasteiger partial charge is 0.317 e. The molecule has 1 heterocycles. The molecular formula is C12H22N2O3. The van der Waals surface area contributed by atoms with Gasteiger partial charge in [-0.3, -0.25) is 4.79 Å². The number of rotatable bonds is 4. The third-order valence-electron chi connectivity index (χ3n) is 3.13. The second-order valence-electron chi connectivity index (χ2n) is 5.62. The lowest BCUT2D eigenvalue weighted by Gasteiger charge is -2.22. The molecule has 1 aliphatic rings. The fourth-order valence-electron chi connectivity index (χ4n) is 2.00. The first-order valence-corrected chi connectivity index (χ1v) is 6.07. The minimum atomic E-state index is -0.826. The van der Waals surface area contributed by atoms with Crippen LogP contribution in [0.15, 0.2) is 0 Å². The molecule has 0 aromatic heterocycles. The number of aliphatic carboxylic acids is 1. The van der Waals surface area contributed by atoms with Gasteiger partial charge < -0.3 is 15.3 Å². The Balaban J connectivity index is 2.32. The number of urea groups is 1. The molecule has 98 valence electrons. The molecule has 0 aromatic carbocycles. The SMILES string of the molecule is CC(CCC(=O)O)NC(=O)N1CCC(C)(C)C1. The predicted octanol–water partition coefficient (Wildman–Crippen LogP) is 1.68. The van der Waals surface area contributed by atoms with Gasteiger partial charge in [0.25, 0.3) is 0 Å². The van der Waals surface area contributed by atoms with E-state index in [1.165, 1.54) is 0 Å². The minimum absolute atomic E-state index is 0.0755. The van der Waals surface area contributed by atoms with E-state index in [2.05, 4.69) is 19.2 Å². The lowest BCUT2D eigenvalue weighted by molar-refractivity contribution is -0.137. The van der Waals surface area contributed by atoms with E-state index in [1.807, 2.05) is 6.92 Å². The van der Waals surface area contributed by atoms with Crippen LogP contribution in [0, 0.1) is 5.41 Å². The van der Waals surface area contributed by atoms with Crippen molar-refractivity contribution in [1.82, 2.24) is 10.2 Å². The molecule has 1 unspecified atom stereocenters. The normalized spacial score (nSPS) is 20.1. The lowest BCUT2D eigenvalue weighted by atomic mass is 9.93. The third-order valence-corrected chi connectivity index (χ3v) is 3.13. The van der Waals surface area contributed by atoms with Crippen LogP contribution in [-0.4, -0.2) is 41.1 Å². The van der Waals surface area contributed by atoms with Crippen molar-refractivity contribution < 1.29 is 14.7 Å². The molecule has 0 spiro atoms. The highest BCUT2D eigenvalue weighted by Gasteiger charge is 2.32. The number of hydrogen-bond acceptors (Lipinski definition) is 2. The second kappa shape index (κ2) is 5.38. The molecule has 5 nitrogen and oxygen atoms in total. The summed E-state index contributed by atoms with van der Waals surface area (Å²) in [6.07, 6.45) is 1.58. The van der Waals surface area contributed by atoms with Crippen LogP contribution in [0.5, 0.6) is 0 Å². The van der Waals surface area contributed by atoms with Crippen molar-refractivity contribution in [1.29, 1.82) is 0 Å². The number of nitrogens with zero attached hydrogens (tertiary/aromatic N) is 1. The van der Waals surface area contributed by atoms with Crippen LogP contribution in [0.25, 0.3) is 0 Å². The first-order valence-electron chi connectivity index (χ1n) is 6.07. The second-order valence-corrected chi connectivity index (χ2v) is 5.62. The number of likely N-dealkylation sites (tertiary alicyclic amines) is 1. The quantitative estimate of drug-likeness (QED) is 0.788. The van der Waals surface area contributed by atoms with Gasteiger partial charge in [0.15, 0.2) is 0 Å². The van der Waals surface area contributed by atoms with Crippen LogP contribution in [0.4, 0.5) is 4.79 Å². The van der Waals surface area contributed by atoms with Gasteiger partial charge in [0, 0.05) is 25.6 Å². The maximum atomic E-state index is 11.9. The van der Waals surface area contributed by atoms with E-state index >= 15 is 0 Å². The summed E-state index contributed by atoms with van der Waals surface area (Å²) in [5, 5.41) is 11.4. The number of nitrogens with one attached hydrogen (secondary N) is 1.